The van der Waals surface area contributed by atoms with Gasteiger partial charge in [0.25, 0.3) is 0 Å². The van der Waals surface area contributed by atoms with Crippen LogP contribution in [-0.2, 0) is 14.3 Å². The number of carbonyl (C=O) groups excluding carboxylic acids is 1. The summed E-state index contributed by atoms with van der Waals surface area (Å²) in [6.45, 7) is 5.29. The van der Waals surface area contributed by atoms with Crippen molar-refractivity contribution in [3.05, 3.63) is 12.2 Å². The Bertz CT molecular complexity index is 245. The van der Waals surface area contributed by atoms with Crippen molar-refractivity contribution in [3.8, 4) is 0 Å². The average Bonchev–Trinajstić information content (AvgIpc) is 2.29. The zero-order valence-electron chi connectivity index (χ0n) is 10.8. The summed E-state index contributed by atoms with van der Waals surface area (Å²) in [5, 5.41) is 2.79. The SMILES string of the molecule is CC(C)NC(=O)/C=C/CCOC1CCCCO1. The van der Waals surface area contributed by atoms with Gasteiger partial charge in [0.2, 0.25) is 5.91 Å². The van der Waals surface area contributed by atoms with Crippen LogP contribution in [0.4, 0.5) is 0 Å². The van der Waals surface area contributed by atoms with Crippen LogP contribution in [0.15, 0.2) is 12.2 Å². The van der Waals surface area contributed by atoms with Crippen molar-refractivity contribution in [2.24, 2.45) is 0 Å². The molecule has 0 aliphatic carbocycles. The predicted molar refractivity (Wildman–Crippen MR) is 66.6 cm³/mol. The Kier molecular flexibility index (Phi) is 6.89. The van der Waals surface area contributed by atoms with Gasteiger partial charge in [-0.05, 0) is 45.6 Å². The summed E-state index contributed by atoms with van der Waals surface area (Å²) >= 11 is 0. The minimum atomic E-state index is -0.0473. The van der Waals surface area contributed by atoms with Crippen molar-refractivity contribution < 1.29 is 14.3 Å². The number of rotatable bonds is 6. The van der Waals surface area contributed by atoms with Gasteiger partial charge in [-0.2, -0.15) is 0 Å². The highest BCUT2D eigenvalue weighted by atomic mass is 16.7. The molecule has 1 aliphatic heterocycles. The maximum absolute atomic E-state index is 11.3. The number of ether oxygens (including phenoxy) is 2. The lowest BCUT2D eigenvalue weighted by atomic mass is 10.2. The molecule has 17 heavy (non-hydrogen) atoms. The molecule has 0 saturated carbocycles. The molecular weight excluding hydrogens is 218 g/mol. The predicted octanol–water partition coefficient (Wildman–Crippen LogP) is 2.00. The molecule has 0 aromatic heterocycles. The third-order valence-corrected chi connectivity index (χ3v) is 2.43. The van der Waals surface area contributed by atoms with Gasteiger partial charge in [-0.25, -0.2) is 0 Å². The van der Waals surface area contributed by atoms with Gasteiger partial charge in [0, 0.05) is 12.6 Å². The largest absolute Gasteiger partial charge is 0.353 e. The highest BCUT2D eigenvalue weighted by molar-refractivity contribution is 5.87. The number of nitrogens with one attached hydrogen (secondary N) is 1. The maximum atomic E-state index is 11.3. The van der Waals surface area contributed by atoms with Crippen LogP contribution in [0.5, 0.6) is 0 Å². The fourth-order valence-electron chi connectivity index (χ4n) is 1.63. The van der Waals surface area contributed by atoms with Gasteiger partial charge in [0.15, 0.2) is 6.29 Å². The molecule has 0 spiro atoms. The van der Waals surface area contributed by atoms with E-state index >= 15 is 0 Å². The van der Waals surface area contributed by atoms with E-state index in [1.165, 1.54) is 6.42 Å². The van der Waals surface area contributed by atoms with Crippen molar-refractivity contribution in [1.29, 1.82) is 0 Å². The van der Waals surface area contributed by atoms with Gasteiger partial charge in [-0.3, -0.25) is 4.79 Å². The zero-order chi connectivity index (χ0) is 12.5. The standard InChI is InChI=1S/C13H23NO3/c1-11(2)14-12(15)7-3-5-9-16-13-8-4-6-10-17-13/h3,7,11,13H,4-6,8-10H2,1-2H3,(H,14,15)/b7-3+. The summed E-state index contributed by atoms with van der Waals surface area (Å²) < 4.78 is 11.0. The highest BCUT2D eigenvalue weighted by Gasteiger charge is 2.12. The summed E-state index contributed by atoms with van der Waals surface area (Å²) in [4.78, 5) is 11.3. The Labute approximate surface area is 103 Å². The highest BCUT2D eigenvalue weighted by Crippen LogP contribution is 2.13. The molecule has 1 amide bonds. The van der Waals surface area contributed by atoms with E-state index in [2.05, 4.69) is 5.32 Å². The van der Waals surface area contributed by atoms with E-state index < -0.39 is 0 Å². The topological polar surface area (TPSA) is 47.6 Å². The minimum absolute atomic E-state index is 0.0401. The van der Waals surface area contributed by atoms with Gasteiger partial charge >= 0.3 is 0 Å². The minimum Gasteiger partial charge on any atom is -0.353 e. The van der Waals surface area contributed by atoms with Crippen LogP contribution in [0.25, 0.3) is 0 Å². The third-order valence-electron chi connectivity index (χ3n) is 2.43. The number of carbonyl (C=O) groups is 1. The van der Waals surface area contributed by atoms with Crippen LogP contribution in [0.2, 0.25) is 0 Å². The maximum Gasteiger partial charge on any atom is 0.243 e. The van der Waals surface area contributed by atoms with Gasteiger partial charge < -0.3 is 14.8 Å². The van der Waals surface area contributed by atoms with E-state index in [1.54, 1.807) is 6.08 Å². The Balaban J connectivity index is 2.02. The molecule has 1 saturated heterocycles. The Morgan fingerprint density at radius 3 is 3.00 bits per heavy atom. The van der Waals surface area contributed by atoms with E-state index in [9.17, 15) is 4.79 Å². The molecule has 1 aliphatic rings. The van der Waals surface area contributed by atoms with Gasteiger partial charge in [0.1, 0.15) is 0 Å². The van der Waals surface area contributed by atoms with E-state index in [1.807, 2.05) is 19.9 Å². The van der Waals surface area contributed by atoms with Crippen LogP contribution in [0.3, 0.4) is 0 Å². The Morgan fingerprint density at radius 2 is 2.35 bits per heavy atom. The normalized spacial score (nSPS) is 21.0. The van der Waals surface area contributed by atoms with Crippen LogP contribution in [0, 0.1) is 0 Å². The Hall–Kier alpha value is -0.870. The summed E-state index contributed by atoms with van der Waals surface area (Å²) in [7, 11) is 0. The number of hydrogen-bond donors (Lipinski definition) is 1. The lowest BCUT2D eigenvalue weighted by Gasteiger charge is -2.22. The number of hydrogen-bond acceptors (Lipinski definition) is 3. The molecule has 1 atom stereocenters. The average molecular weight is 241 g/mol. The molecule has 0 aromatic rings. The van der Waals surface area contributed by atoms with Crippen molar-refractivity contribution in [1.82, 2.24) is 5.32 Å². The van der Waals surface area contributed by atoms with Crippen LogP contribution >= 0.6 is 0 Å². The number of amides is 1. The molecule has 1 N–H and O–H groups in total. The van der Waals surface area contributed by atoms with Crippen molar-refractivity contribution in [2.45, 2.75) is 51.9 Å². The first kappa shape index (κ1) is 14.2. The molecule has 0 radical (unpaired) electrons. The van der Waals surface area contributed by atoms with Gasteiger partial charge in [-0.15, -0.1) is 0 Å². The molecule has 1 rings (SSSR count). The molecule has 4 nitrogen and oxygen atoms in total. The fraction of sp³-hybridized carbons (Fsp3) is 0.769. The van der Waals surface area contributed by atoms with Crippen LogP contribution in [-0.4, -0.2) is 31.5 Å². The second kappa shape index (κ2) is 8.25. The summed E-state index contributed by atoms with van der Waals surface area (Å²) in [5.74, 6) is -0.0473. The molecule has 0 bridgehead atoms. The first-order valence-electron chi connectivity index (χ1n) is 6.38. The zero-order valence-corrected chi connectivity index (χ0v) is 10.8. The quantitative estimate of drug-likeness (QED) is 0.571. The van der Waals surface area contributed by atoms with Crippen molar-refractivity contribution in [2.75, 3.05) is 13.2 Å². The Morgan fingerprint density at radius 1 is 1.53 bits per heavy atom. The van der Waals surface area contributed by atoms with E-state index in [4.69, 9.17) is 9.47 Å². The van der Waals surface area contributed by atoms with Gasteiger partial charge in [-0.1, -0.05) is 6.08 Å². The second-order valence-electron chi connectivity index (χ2n) is 4.52. The van der Waals surface area contributed by atoms with Crippen LogP contribution < -0.4 is 5.32 Å². The summed E-state index contributed by atoms with van der Waals surface area (Å²) in [6, 6.07) is 0.180. The van der Waals surface area contributed by atoms with E-state index in [-0.39, 0.29) is 18.2 Å². The molecule has 4 heteroatoms. The fourth-order valence-corrected chi connectivity index (χ4v) is 1.63. The van der Waals surface area contributed by atoms with E-state index in [0.717, 1.165) is 25.9 Å². The van der Waals surface area contributed by atoms with Crippen molar-refractivity contribution in [3.63, 3.8) is 0 Å². The van der Waals surface area contributed by atoms with Crippen LogP contribution in [0.1, 0.15) is 39.5 Å². The molecule has 1 unspecified atom stereocenters. The smallest absolute Gasteiger partial charge is 0.243 e. The van der Waals surface area contributed by atoms with E-state index in [0.29, 0.717) is 6.61 Å². The molecular formula is C13H23NO3. The first-order chi connectivity index (χ1) is 8.18. The molecule has 0 aromatic carbocycles. The molecule has 98 valence electrons. The second-order valence-corrected chi connectivity index (χ2v) is 4.52. The third kappa shape index (κ3) is 7.13. The summed E-state index contributed by atoms with van der Waals surface area (Å²) in [5.41, 5.74) is 0. The molecule has 1 heterocycles. The summed E-state index contributed by atoms with van der Waals surface area (Å²) in [6.07, 6.45) is 7.39. The van der Waals surface area contributed by atoms with Crippen molar-refractivity contribution >= 4 is 5.91 Å². The monoisotopic (exact) mass is 241 g/mol. The lowest BCUT2D eigenvalue weighted by molar-refractivity contribution is -0.161. The molecule has 1 fully saturated rings. The van der Waals surface area contributed by atoms with Gasteiger partial charge in [0.05, 0.1) is 6.61 Å². The first-order valence-corrected chi connectivity index (χ1v) is 6.38. The lowest BCUT2D eigenvalue weighted by Crippen LogP contribution is -2.28.